The van der Waals surface area contributed by atoms with E-state index in [1.807, 2.05) is 45.0 Å². The summed E-state index contributed by atoms with van der Waals surface area (Å²) in [4.78, 5) is 27.7. The minimum absolute atomic E-state index is 0.0941. The number of ether oxygens (including phenoxy) is 2. The Balaban J connectivity index is 1.91. The molecule has 1 unspecified atom stereocenters. The van der Waals surface area contributed by atoms with Crippen molar-refractivity contribution in [2.45, 2.75) is 65.5 Å². The molecule has 3 rings (SSSR count). The number of carbonyl (C=O) groups excluding carboxylic acids is 2. The van der Waals surface area contributed by atoms with Crippen molar-refractivity contribution in [3.8, 4) is 5.75 Å². The van der Waals surface area contributed by atoms with Gasteiger partial charge in [0.05, 0.1) is 24.3 Å². The Bertz CT molecular complexity index is 1040. The summed E-state index contributed by atoms with van der Waals surface area (Å²) in [6, 6.07) is 14.1. The van der Waals surface area contributed by atoms with E-state index < -0.39 is 17.7 Å². The topological polar surface area (TPSA) is 76.1 Å². The number of hydrogen-bond acceptors (Lipinski definition) is 5. The van der Waals surface area contributed by atoms with E-state index in [4.69, 9.17) is 9.47 Å². The van der Waals surface area contributed by atoms with Gasteiger partial charge in [-0.25, -0.2) is 0 Å². The lowest BCUT2D eigenvalue weighted by Gasteiger charge is -2.25. The molecule has 0 radical (unpaired) electrons. The van der Waals surface area contributed by atoms with Crippen LogP contribution in [0.4, 0.5) is 0 Å². The molecule has 0 aliphatic carbocycles. The first kappa shape index (κ1) is 26.5. The highest BCUT2D eigenvalue weighted by molar-refractivity contribution is 6.46. The Hall–Kier alpha value is -3.12. The number of amides is 1. The summed E-state index contributed by atoms with van der Waals surface area (Å²) in [5, 5.41) is 11.2. The van der Waals surface area contributed by atoms with Gasteiger partial charge < -0.3 is 19.5 Å². The van der Waals surface area contributed by atoms with Crippen LogP contribution in [0.25, 0.3) is 5.76 Å². The van der Waals surface area contributed by atoms with Gasteiger partial charge >= 0.3 is 0 Å². The SMILES string of the molecule is CCCCCOc1ccc(/C(O)=C2/C(=O)C(=O)N(CCCOC(C)C)C2c2cccc(C)c2)cc1. The Morgan fingerprint density at radius 2 is 1.77 bits per heavy atom. The molecule has 6 nitrogen and oxygen atoms in total. The highest BCUT2D eigenvalue weighted by Gasteiger charge is 2.45. The van der Waals surface area contributed by atoms with Crippen molar-refractivity contribution in [1.29, 1.82) is 0 Å². The molecule has 1 heterocycles. The summed E-state index contributed by atoms with van der Waals surface area (Å²) in [5.41, 5.74) is 2.40. The van der Waals surface area contributed by atoms with Gasteiger partial charge in [-0.15, -0.1) is 0 Å². The molecule has 1 N–H and O–H groups in total. The van der Waals surface area contributed by atoms with Crippen molar-refractivity contribution in [1.82, 2.24) is 4.90 Å². The highest BCUT2D eigenvalue weighted by Crippen LogP contribution is 2.39. The number of carbonyl (C=O) groups is 2. The molecule has 1 aliphatic rings. The number of rotatable bonds is 12. The third-order valence-corrected chi connectivity index (χ3v) is 6.04. The van der Waals surface area contributed by atoms with Gasteiger partial charge in [-0.1, -0.05) is 49.6 Å². The minimum atomic E-state index is -0.668. The smallest absolute Gasteiger partial charge is 0.295 e. The third-order valence-electron chi connectivity index (χ3n) is 6.04. The first-order chi connectivity index (χ1) is 16.8. The zero-order valence-electron chi connectivity index (χ0n) is 21.3. The molecule has 6 heteroatoms. The first-order valence-corrected chi connectivity index (χ1v) is 12.5. The van der Waals surface area contributed by atoms with E-state index in [1.54, 1.807) is 29.2 Å². The van der Waals surface area contributed by atoms with E-state index in [0.29, 0.717) is 37.5 Å². The fourth-order valence-corrected chi connectivity index (χ4v) is 4.26. The third kappa shape index (κ3) is 6.73. The first-order valence-electron chi connectivity index (χ1n) is 12.5. The summed E-state index contributed by atoms with van der Waals surface area (Å²) < 4.78 is 11.4. The van der Waals surface area contributed by atoms with Crippen LogP contribution in [0.15, 0.2) is 54.1 Å². The molecule has 2 aromatic rings. The van der Waals surface area contributed by atoms with Crippen LogP contribution >= 0.6 is 0 Å². The summed E-state index contributed by atoms with van der Waals surface area (Å²) in [7, 11) is 0. The quantitative estimate of drug-likeness (QED) is 0.180. The van der Waals surface area contributed by atoms with Crippen molar-refractivity contribution in [3.63, 3.8) is 0 Å². The van der Waals surface area contributed by atoms with Gasteiger partial charge in [0, 0.05) is 18.7 Å². The van der Waals surface area contributed by atoms with Crippen molar-refractivity contribution in [3.05, 3.63) is 70.8 Å². The number of benzene rings is 2. The van der Waals surface area contributed by atoms with Crippen molar-refractivity contribution < 1.29 is 24.2 Å². The van der Waals surface area contributed by atoms with Gasteiger partial charge in [-0.05, 0) is 63.4 Å². The maximum absolute atomic E-state index is 13.1. The maximum atomic E-state index is 13.1. The van der Waals surface area contributed by atoms with Crippen LogP contribution in [0.3, 0.4) is 0 Å². The van der Waals surface area contributed by atoms with Crippen LogP contribution < -0.4 is 4.74 Å². The Kier molecular flexibility index (Phi) is 9.49. The summed E-state index contributed by atoms with van der Waals surface area (Å²) >= 11 is 0. The molecular formula is C29H37NO5. The fourth-order valence-electron chi connectivity index (χ4n) is 4.26. The number of unbranched alkanes of at least 4 members (excludes halogenated alkanes) is 2. The number of ketones is 1. The van der Waals surface area contributed by atoms with E-state index >= 15 is 0 Å². The van der Waals surface area contributed by atoms with Crippen LogP contribution in [0.1, 0.15) is 69.2 Å². The molecule has 0 spiro atoms. The Morgan fingerprint density at radius 1 is 1.03 bits per heavy atom. The van der Waals surface area contributed by atoms with Crippen molar-refractivity contribution in [2.24, 2.45) is 0 Å². The molecule has 0 bridgehead atoms. The summed E-state index contributed by atoms with van der Waals surface area (Å²) in [5.74, 6) is -0.732. The number of aliphatic hydroxyl groups excluding tert-OH is 1. The molecule has 0 saturated carbocycles. The second-order valence-corrected chi connectivity index (χ2v) is 9.26. The van der Waals surface area contributed by atoms with E-state index in [0.717, 1.165) is 30.4 Å². The molecule has 2 aromatic carbocycles. The lowest BCUT2D eigenvalue weighted by molar-refractivity contribution is -0.140. The molecule has 1 fully saturated rings. The average Bonchev–Trinajstić information content (AvgIpc) is 3.09. The van der Waals surface area contributed by atoms with Gasteiger partial charge in [-0.2, -0.15) is 0 Å². The number of nitrogens with zero attached hydrogens (tertiary/aromatic N) is 1. The van der Waals surface area contributed by atoms with Crippen molar-refractivity contribution >= 4 is 17.4 Å². The predicted octanol–water partition coefficient (Wildman–Crippen LogP) is 5.80. The van der Waals surface area contributed by atoms with Gasteiger partial charge in [0.15, 0.2) is 0 Å². The number of aryl methyl sites for hydroxylation is 1. The standard InChI is InChI=1S/C29H37NO5/c1-5-6-7-17-35-24-14-12-22(13-15-24)27(31)25-26(23-11-8-10-21(4)19-23)30(29(33)28(25)32)16-9-18-34-20(2)3/h8,10-15,19-20,26,31H,5-7,9,16-18H2,1-4H3/b27-25-. The van der Waals surface area contributed by atoms with E-state index in [-0.39, 0.29) is 17.4 Å². The van der Waals surface area contributed by atoms with Crippen molar-refractivity contribution in [2.75, 3.05) is 19.8 Å². The molecule has 1 amide bonds. The minimum Gasteiger partial charge on any atom is -0.507 e. The van der Waals surface area contributed by atoms with E-state index in [1.165, 1.54) is 0 Å². The molecule has 0 aromatic heterocycles. The largest absolute Gasteiger partial charge is 0.507 e. The van der Waals surface area contributed by atoms with Crippen LogP contribution in [0, 0.1) is 6.92 Å². The number of Topliss-reactive ketones (excluding diaryl/α,β-unsaturated/α-hetero) is 1. The summed E-state index contributed by atoms with van der Waals surface area (Å²) in [6.45, 7) is 9.51. The maximum Gasteiger partial charge on any atom is 0.295 e. The van der Waals surface area contributed by atoms with Gasteiger partial charge in [0.25, 0.3) is 11.7 Å². The number of aliphatic hydroxyl groups is 1. The lowest BCUT2D eigenvalue weighted by atomic mass is 9.94. The monoisotopic (exact) mass is 479 g/mol. The lowest BCUT2D eigenvalue weighted by Crippen LogP contribution is -2.31. The average molecular weight is 480 g/mol. The highest BCUT2D eigenvalue weighted by atomic mass is 16.5. The zero-order chi connectivity index (χ0) is 25.4. The molecular weight excluding hydrogens is 442 g/mol. The van der Waals surface area contributed by atoms with E-state index in [9.17, 15) is 14.7 Å². The van der Waals surface area contributed by atoms with Gasteiger partial charge in [0.2, 0.25) is 0 Å². The van der Waals surface area contributed by atoms with E-state index in [2.05, 4.69) is 6.92 Å². The van der Waals surface area contributed by atoms with Crippen LogP contribution in [0.2, 0.25) is 0 Å². The van der Waals surface area contributed by atoms with Crippen LogP contribution in [0.5, 0.6) is 5.75 Å². The van der Waals surface area contributed by atoms with Crippen LogP contribution in [-0.4, -0.2) is 47.6 Å². The second kappa shape index (κ2) is 12.5. The fraction of sp³-hybridized carbons (Fsp3) is 0.448. The molecule has 1 aliphatic heterocycles. The molecule has 35 heavy (non-hydrogen) atoms. The van der Waals surface area contributed by atoms with Gasteiger partial charge in [-0.3, -0.25) is 9.59 Å². The Labute approximate surface area is 208 Å². The Morgan fingerprint density at radius 3 is 2.43 bits per heavy atom. The summed E-state index contributed by atoms with van der Waals surface area (Å²) in [6.07, 6.45) is 3.91. The zero-order valence-corrected chi connectivity index (χ0v) is 21.3. The number of likely N-dealkylation sites (tertiary alicyclic amines) is 1. The molecule has 1 atom stereocenters. The number of hydrogen-bond donors (Lipinski definition) is 1. The van der Waals surface area contributed by atoms with Gasteiger partial charge in [0.1, 0.15) is 11.5 Å². The normalized spacial score (nSPS) is 17.4. The second-order valence-electron chi connectivity index (χ2n) is 9.26. The van der Waals surface area contributed by atoms with Crippen LogP contribution in [-0.2, 0) is 14.3 Å². The molecule has 1 saturated heterocycles. The predicted molar refractivity (Wildman–Crippen MR) is 137 cm³/mol. The molecule has 188 valence electrons.